The van der Waals surface area contributed by atoms with Crippen molar-refractivity contribution >= 4 is 18.7 Å². The third-order valence-electron chi connectivity index (χ3n) is 1.04. The van der Waals surface area contributed by atoms with Crippen molar-refractivity contribution < 1.29 is 14.7 Å². The molecular formula is C5H7BO3S. The molecule has 0 saturated heterocycles. The zero-order valence-electron chi connectivity index (χ0n) is 5.44. The Balaban J connectivity index is 2.65. The van der Waals surface area contributed by atoms with Gasteiger partial charge in [-0.2, -0.15) is 0 Å². The van der Waals surface area contributed by atoms with Crippen LogP contribution in [0.25, 0.3) is 0 Å². The van der Waals surface area contributed by atoms with Crippen LogP contribution in [-0.2, 0) is 0 Å². The van der Waals surface area contributed by atoms with Gasteiger partial charge >= 0.3 is 7.32 Å². The Kier molecular flexibility index (Phi) is 2.31. The summed E-state index contributed by atoms with van der Waals surface area (Å²) in [5.74, 6) is 0.528. The Morgan fingerprint density at radius 2 is 2.30 bits per heavy atom. The first-order valence-electron chi connectivity index (χ1n) is 2.77. The van der Waals surface area contributed by atoms with Gasteiger partial charge in [-0.15, -0.1) is 11.3 Å². The molecule has 0 radical (unpaired) electrons. The van der Waals surface area contributed by atoms with E-state index in [1.54, 1.807) is 6.07 Å². The van der Waals surface area contributed by atoms with Crippen molar-refractivity contribution in [1.82, 2.24) is 0 Å². The standard InChI is InChI=1S/C5H7BO3S/c1-4-5(2-3-10-4)9-6(7)8/h2-3,7-8H,1H3. The van der Waals surface area contributed by atoms with Crippen LogP contribution in [0.4, 0.5) is 0 Å². The van der Waals surface area contributed by atoms with Gasteiger partial charge in [0.15, 0.2) is 0 Å². The lowest BCUT2D eigenvalue weighted by atomic mass is 10.2. The van der Waals surface area contributed by atoms with Crippen molar-refractivity contribution in [2.45, 2.75) is 6.92 Å². The first kappa shape index (κ1) is 7.59. The second-order valence-corrected chi connectivity index (χ2v) is 2.91. The summed E-state index contributed by atoms with van der Waals surface area (Å²) in [6, 6.07) is 1.69. The van der Waals surface area contributed by atoms with E-state index in [4.69, 9.17) is 10.0 Å². The van der Waals surface area contributed by atoms with Crippen LogP contribution in [0.3, 0.4) is 0 Å². The van der Waals surface area contributed by atoms with Crippen LogP contribution in [0.2, 0.25) is 0 Å². The normalized spacial score (nSPS) is 9.50. The van der Waals surface area contributed by atoms with Crippen LogP contribution >= 0.6 is 11.3 Å². The van der Waals surface area contributed by atoms with E-state index in [0.29, 0.717) is 5.75 Å². The maximum atomic E-state index is 8.39. The van der Waals surface area contributed by atoms with Crippen molar-refractivity contribution in [3.63, 3.8) is 0 Å². The Labute approximate surface area is 63.1 Å². The van der Waals surface area contributed by atoms with Gasteiger partial charge in [-0.3, -0.25) is 0 Å². The first-order chi connectivity index (χ1) is 4.70. The van der Waals surface area contributed by atoms with Crippen molar-refractivity contribution in [3.8, 4) is 5.75 Å². The third-order valence-corrected chi connectivity index (χ3v) is 1.87. The van der Waals surface area contributed by atoms with Crippen LogP contribution in [-0.4, -0.2) is 17.4 Å². The van der Waals surface area contributed by atoms with Crippen molar-refractivity contribution in [2.75, 3.05) is 0 Å². The molecule has 0 atom stereocenters. The Morgan fingerprint density at radius 1 is 1.60 bits per heavy atom. The largest absolute Gasteiger partial charge is 0.707 e. The molecule has 0 unspecified atom stereocenters. The zero-order valence-corrected chi connectivity index (χ0v) is 6.26. The van der Waals surface area contributed by atoms with Gasteiger partial charge in [0.05, 0.1) is 0 Å². The molecule has 0 spiro atoms. The minimum atomic E-state index is -1.71. The van der Waals surface area contributed by atoms with Gasteiger partial charge in [-0.1, -0.05) is 0 Å². The molecule has 0 aromatic carbocycles. The lowest BCUT2D eigenvalue weighted by Crippen LogP contribution is -2.20. The molecule has 0 saturated carbocycles. The van der Waals surface area contributed by atoms with Gasteiger partial charge in [0.25, 0.3) is 0 Å². The Bertz CT molecular complexity index is 210. The second-order valence-electron chi connectivity index (χ2n) is 1.79. The molecule has 10 heavy (non-hydrogen) atoms. The van der Waals surface area contributed by atoms with E-state index in [1.807, 2.05) is 12.3 Å². The molecule has 1 heterocycles. The maximum absolute atomic E-state index is 8.39. The SMILES string of the molecule is Cc1sccc1OB(O)O. The van der Waals surface area contributed by atoms with Crippen molar-refractivity contribution in [3.05, 3.63) is 16.3 Å². The molecule has 0 aliphatic carbocycles. The van der Waals surface area contributed by atoms with Gasteiger partial charge in [-0.25, -0.2) is 0 Å². The molecule has 0 amide bonds. The van der Waals surface area contributed by atoms with E-state index in [1.165, 1.54) is 11.3 Å². The Hall–Kier alpha value is -0.515. The highest BCUT2D eigenvalue weighted by Crippen LogP contribution is 2.22. The summed E-state index contributed by atoms with van der Waals surface area (Å²) in [4.78, 5) is 0.938. The molecule has 0 aliphatic rings. The maximum Gasteiger partial charge on any atom is 0.707 e. The highest BCUT2D eigenvalue weighted by Gasteiger charge is 2.12. The fraction of sp³-hybridized carbons (Fsp3) is 0.200. The molecule has 1 aromatic rings. The van der Waals surface area contributed by atoms with Gasteiger partial charge in [-0.05, 0) is 18.4 Å². The van der Waals surface area contributed by atoms with Crippen LogP contribution in [0.1, 0.15) is 4.88 Å². The summed E-state index contributed by atoms with van der Waals surface area (Å²) in [6.07, 6.45) is 0. The van der Waals surface area contributed by atoms with Crippen LogP contribution < -0.4 is 4.65 Å². The molecule has 0 aliphatic heterocycles. The zero-order chi connectivity index (χ0) is 7.56. The third kappa shape index (κ3) is 1.73. The van der Waals surface area contributed by atoms with Crippen molar-refractivity contribution in [1.29, 1.82) is 0 Å². The monoisotopic (exact) mass is 158 g/mol. The van der Waals surface area contributed by atoms with Gasteiger partial charge in [0, 0.05) is 4.88 Å². The average Bonchev–Trinajstić information content (AvgIpc) is 2.15. The van der Waals surface area contributed by atoms with E-state index in [0.717, 1.165) is 4.88 Å². The van der Waals surface area contributed by atoms with E-state index in [2.05, 4.69) is 4.65 Å². The first-order valence-corrected chi connectivity index (χ1v) is 3.65. The van der Waals surface area contributed by atoms with E-state index < -0.39 is 7.32 Å². The molecule has 2 N–H and O–H groups in total. The minimum absolute atomic E-state index is 0.528. The predicted octanol–water partition coefficient (Wildman–Crippen LogP) is 0.405. The second kappa shape index (κ2) is 3.05. The molecule has 54 valence electrons. The topological polar surface area (TPSA) is 49.7 Å². The quantitative estimate of drug-likeness (QED) is 0.612. The smallest absolute Gasteiger partial charge is 0.511 e. The highest BCUT2D eigenvalue weighted by atomic mass is 32.1. The fourth-order valence-corrected chi connectivity index (χ4v) is 1.24. The van der Waals surface area contributed by atoms with Gasteiger partial charge in [0.1, 0.15) is 5.75 Å². The van der Waals surface area contributed by atoms with Crippen molar-refractivity contribution in [2.24, 2.45) is 0 Å². The van der Waals surface area contributed by atoms with Gasteiger partial charge in [0.2, 0.25) is 0 Å². The lowest BCUT2D eigenvalue weighted by molar-refractivity contribution is 0.288. The summed E-state index contributed by atoms with van der Waals surface area (Å²) in [6.45, 7) is 1.85. The van der Waals surface area contributed by atoms with E-state index >= 15 is 0 Å². The predicted molar refractivity (Wildman–Crippen MR) is 39.9 cm³/mol. The van der Waals surface area contributed by atoms with Crippen LogP contribution in [0.15, 0.2) is 11.4 Å². The molecule has 1 rings (SSSR count). The van der Waals surface area contributed by atoms with Gasteiger partial charge < -0.3 is 14.7 Å². The van der Waals surface area contributed by atoms with E-state index in [-0.39, 0.29) is 0 Å². The Morgan fingerprint density at radius 3 is 2.70 bits per heavy atom. The summed E-state index contributed by atoms with van der Waals surface area (Å²) >= 11 is 1.50. The van der Waals surface area contributed by atoms with Crippen LogP contribution in [0.5, 0.6) is 5.75 Å². The lowest BCUT2D eigenvalue weighted by Gasteiger charge is -2.01. The number of hydrogen-bond acceptors (Lipinski definition) is 4. The minimum Gasteiger partial charge on any atom is -0.511 e. The molecule has 1 aromatic heterocycles. The molecular weight excluding hydrogens is 151 g/mol. The fourth-order valence-electron chi connectivity index (χ4n) is 0.609. The number of thiophene rings is 1. The number of hydrogen-bond donors (Lipinski definition) is 2. The summed E-state index contributed by atoms with van der Waals surface area (Å²) in [5, 5.41) is 18.6. The van der Waals surface area contributed by atoms with E-state index in [9.17, 15) is 0 Å². The number of rotatable bonds is 2. The van der Waals surface area contributed by atoms with Crippen LogP contribution in [0, 0.1) is 6.92 Å². The molecule has 0 fully saturated rings. The highest BCUT2D eigenvalue weighted by molar-refractivity contribution is 7.10. The molecule has 5 heteroatoms. The summed E-state index contributed by atoms with van der Waals surface area (Å²) in [5.41, 5.74) is 0. The molecule has 0 bridgehead atoms. The average molecular weight is 158 g/mol. The summed E-state index contributed by atoms with van der Waals surface area (Å²) < 4.78 is 4.61. The summed E-state index contributed by atoms with van der Waals surface area (Å²) in [7, 11) is -1.71. The molecule has 3 nitrogen and oxygen atoms in total. The number of aryl methyl sites for hydroxylation is 1.